The summed E-state index contributed by atoms with van der Waals surface area (Å²) in [7, 11) is 1.79. The third kappa shape index (κ3) is 3.11. The summed E-state index contributed by atoms with van der Waals surface area (Å²) in [4.78, 5) is 18.1. The minimum absolute atomic E-state index is 0.0394. The second-order valence-electron chi connectivity index (χ2n) is 5.31. The van der Waals surface area contributed by atoms with Crippen LogP contribution >= 0.6 is 0 Å². The number of likely N-dealkylation sites (N-methyl/N-ethyl adjacent to an activating group) is 1. The molecular weight excluding hydrogens is 264 g/mol. The molecular formula is C17H18N2O2. The molecule has 0 saturated heterocycles. The van der Waals surface area contributed by atoms with Crippen molar-refractivity contribution < 1.29 is 9.53 Å². The first-order valence-electron chi connectivity index (χ1n) is 7.09. The number of carbonyl (C=O) groups excluding carboxylic acids is 1. The lowest BCUT2D eigenvalue weighted by molar-refractivity contribution is 0.00972. The van der Waals surface area contributed by atoms with Crippen LogP contribution in [0.5, 0.6) is 0 Å². The third-order valence-electron chi connectivity index (χ3n) is 3.75. The third-order valence-corrected chi connectivity index (χ3v) is 3.75. The largest absolute Gasteiger partial charge is 0.371 e. The first-order chi connectivity index (χ1) is 10.2. The van der Waals surface area contributed by atoms with Gasteiger partial charge in [-0.2, -0.15) is 0 Å². The molecule has 21 heavy (non-hydrogen) atoms. The number of hydrogen-bond acceptors (Lipinski definition) is 3. The van der Waals surface area contributed by atoms with E-state index in [0.29, 0.717) is 18.8 Å². The van der Waals surface area contributed by atoms with Crippen molar-refractivity contribution >= 4 is 5.91 Å². The Morgan fingerprint density at radius 3 is 2.76 bits per heavy atom. The summed E-state index contributed by atoms with van der Waals surface area (Å²) in [6, 6.07) is 13.7. The van der Waals surface area contributed by atoms with Crippen molar-refractivity contribution in [3.63, 3.8) is 0 Å². The van der Waals surface area contributed by atoms with Gasteiger partial charge < -0.3 is 9.64 Å². The smallest absolute Gasteiger partial charge is 0.272 e. The Kier molecular flexibility index (Phi) is 3.97. The van der Waals surface area contributed by atoms with Crippen LogP contribution in [0.4, 0.5) is 0 Å². The maximum Gasteiger partial charge on any atom is 0.272 e. The summed E-state index contributed by atoms with van der Waals surface area (Å²) in [5.74, 6) is -0.0712. The molecule has 0 bridgehead atoms. The predicted molar refractivity (Wildman–Crippen MR) is 79.9 cm³/mol. The Hall–Kier alpha value is -2.20. The first-order valence-corrected chi connectivity index (χ1v) is 7.09. The van der Waals surface area contributed by atoms with Gasteiger partial charge in [0.05, 0.1) is 12.7 Å². The normalized spacial score (nSPS) is 17.1. The standard InChI is InChI=1S/C17H18N2O2/c1-19(17(20)16-8-4-5-9-18-16)11-15-10-13-6-2-3-7-14(13)12-21-15/h2-9,15H,10-12H2,1H3. The lowest BCUT2D eigenvalue weighted by Gasteiger charge is -2.28. The molecule has 1 aliphatic heterocycles. The highest BCUT2D eigenvalue weighted by atomic mass is 16.5. The van der Waals surface area contributed by atoms with Gasteiger partial charge in [-0.05, 0) is 23.3 Å². The molecule has 1 aromatic carbocycles. The number of carbonyl (C=O) groups is 1. The highest BCUT2D eigenvalue weighted by Gasteiger charge is 2.22. The average Bonchev–Trinajstić information content (AvgIpc) is 2.55. The SMILES string of the molecule is CN(CC1Cc2ccccc2CO1)C(=O)c1ccccn1. The molecule has 1 aromatic heterocycles. The second kappa shape index (κ2) is 6.06. The monoisotopic (exact) mass is 282 g/mol. The zero-order chi connectivity index (χ0) is 14.7. The van der Waals surface area contributed by atoms with Crippen LogP contribution in [-0.4, -0.2) is 35.5 Å². The zero-order valence-electron chi connectivity index (χ0n) is 12.0. The molecule has 0 aliphatic carbocycles. The van der Waals surface area contributed by atoms with Gasteiger partial charge in [-0.25, -0.2) is 0 Å². The molecule has 2 heterocycles. The van der Waals surface area contributed by atoms with E-state index in [1.165, 1.54) is 11.1 Å². The van der Waals surface area contributed by atoms with E-state index >= 15 is 0 Å². The van der Waals surface area contributed by atoms with Crippen molar-refractivity contribution in [2.24, 2.45) is 0 Å². The number of aromatic nitrogens is 1. The van der Waals surface area contributed by atoms with Gasteiger partial charge in [0.2, 0.25) is 0 Å². The molecule has 1 unspecified atom stereocenters. The van der Waals surface area contributed by atoms with Crippen molar-refractivity contribution in [1.82, 2.24) is 9.88 Å². The van der Waals surface area contributed by atoms with Gasteiger partial charge in [-0.15, -0.1) is 0 Å². The molecule has 1 atom stereocenters. The van der Waals surface area contributed by atoms with Crippen molar-refractivity contribution in [3.8, 4) is 0 Å². The highest BCUT2D eigenvalue weighted by Crippen LogP contribution is 2.20. The summed E-state index contributed by atoms with van der Waals surface area (Å²) in [5.41, 5.74) is 3.02. The summed E-state index contributed by atoms with van der Waals surface area (Å²) in [6.07, 6.45) is 2.52. The van der Waals surface area contributed by atoms with E-state index in [0.717, 1.165) is 6.42 Å². The van der Waals surface area contributed by atoms with Gasteiger partial charge in [-0.1, -0.05) is 30.3 Å². The van der Waals surface area contributed by atoms with Gasteiger partial charge in [0.15, 0.2) is 0 Å². The molecule has 0 radical (unpaired) electrons. The van der Waals surface area contributed by atoms with E-state index in [9.17, 15) is 4.79 Å². The number of pyridine rings is 1. The van der Waals surface area contributed by atoms with Gasteiger partial charge in [0, 0.05) is 26.2 Å². The predicted octanol–water partition coefficient (Wildman–Crippen LogP) is 2.30. The van der Waals surface area contributed by atoms with E-state index in [4.69, 9.17) is 4.74 Å². The van der Waals surface area contributed by atoms with Crippen molar-refractivity contribution in [2.75, 3.05) is 13.6 Å². The molecule has 108 valence electrons. The van der Waals surface area contributed by atoms with Crippen molar-refractivity contribution in [1.29, 1.82) is 0 Å². The number of fused-ring (bicyclic) bond motifs is 1. The molecule has 4 nitrogen and oxygen atoms in total. The van der Waals surface area contributed by atoms with Crippen LogP contribution in [-0.2, 0) is 17.8 Å². The zero-order valence-corrected chi connectivity index (χ0v) is 12.0. The number of ether oxygens (including phenoxy) is 1. The van der Waals surface area contributed by atoms with Crippen LogP contribution in [0.2, 0.25) is 0 Å². The summed E-state index contributed by atoms with van der Waals surface area (Å²) < 4.78 is 5.85. The highest BCUT2D eigenvalue weighted by molar-refractivity contribution is 5.92. The van der Waals surface area contributed by atoms with E-state index in [1.807, 2.05) is 18.2 Å². The first kappa shape index (κ1) is 13.8. The molecule has 0 saturated carbocycles. The van der Waals surface area contributed by atoms with Crippen molar-refractivity contribution in [3.05, 3.63) is 65.5 Å². The Balaban J connectivity index is 1.64. The Labute approximate surface area is 124 Å². The van der Waals surface area contributed by atoms with E-state index in [1.54, 1.807) is 30.3 Å². The van der Waals surface area contributed by atoms with Gasteiger partial charge in [0.1, 0.15) is 5.69 Å². The van der Waals surface area contributed by atoms with Crippen molar-refractivity contribution in [2.45, 2.75) is 19.1 Å². The number of rotatable bonds is 3. The number of hydrogen-bond donors (Lipinski definition) is 0. The molecule has 3 rings (SSSR count). The molecule has 1 amide bonds. The lowest BCUT2D eigenvalue weighted by Crippen LogP contribution is -2.38. The van der Waals surface area contributed by atoms with E-state index in [2.05, 4.69) is 17.1 Å². The van der Waals surface area contributed by atoms with Crippen LogP contribution in [0, 0.1) is 0 Å². The molecule has 0 fully saturated rings. The Bertz CT molecular complexity index is 628. The molecule has 1 aliphatic rings. The van der Waals surface area contributed by atoms with E-state index in [-0.39, 0.29) is 12.0 Å². The lowest BCUT2D eigenvalue weighted by atomic mass is 9.99. The summed E-state index contributed by atoms with van der Waals surface area (Å²) in [6.45, 7) is 1.19. The van der Waals surface area contributed by atoms with Gasteiger partial charge >= 0.3 is 0 Å². The topological polar surface area (TPSA) is 42.4 Å². The minimum atomic E-state index is -0.0712. The molecule has 0 N–H and O–H groups in total. The quantitative estimate of drug-likeness (QED) is 0.867. The Morgan fingerprint density at radius 1 is 1.24 bits per heavy atom. The van der Waals surface area contributed by atoms with E-state index < -0.39 is 0 Å². The van der Waals surface area contributed by atoms with Crippen LogP contribution in [0.3, 0.4) is 0 Å². The van der Waals surface area contributed by atoms with Gasteiger partial charge in [-0.3, -0.25) is 9.78 Å². The number of amides is 1. The molecule has 0 spiro atoms. The molecule has 4 heteroatoms. The summed E-state index contributed by atoms with van der Waals surface area (Å²) in [5, 5.41) is 0. The maximum absolute atomic E-state index is 12.3. The minimum Gasteiger partial charge on any atom is -0.371 e. The fraction of sp³-hybridized carbons (Fsp3) is 0.294. The van der Waals surface area contributed by atoms with Crippen LogP contribution in [0.15, 0.2) is 48.7 Å². The fourth-order valence-electron chi connectivity index (χ4n) is 2.60. The maximum atomic E-state index is 12.3. The fourth-order valence-corrected chi connectivity index (χ4v) is 2.60. The van der Waals surface area contributed by atoms with Crippen LogP contribution in [0.25, 0.3) is 0 Å². The molecule has 2 aromatic rings. The van der Waals surface area contributed by atoms with Crippen LogP contribution < -0.4 is 0 Å². The second-order valence-corrected chi connectivity index (χ2v) is 5.31. The van der Waals surface area contributed by atoms with Gasteiger partial charge in [0.25, 0.3) is 5.91 Å². The van der Waals surface area contributed by atoms with Crippen LogP contribution in [0.1, 0.15) is 21.6 Å². The summed E-state index contributed by atoms with van der Waals surface area (Å²) >= 11 is 0. The average molecular weight is 282 g/mol. The number of nitrogens with zero attached hydrogens (tertiary/aromatic N) is 2. The Morgan fingerprint density at radius 2 is 2.00 bits per heavy atom. The number of benzene rings is 1.